The second kappa shape index (κ2) is 7.70. The van der Waals surface area contributed by atoms with E-state index in [2.05, 4.69) is 5.32 Å². The van der Waals surface area contributed by atoms with E-state index in [1.165, 1.54) is 0 Å². The maximum Gasteiger partial charge on any atom is 0.237 e. The van der Waals surface area contributed by atoms with Crippen molar-refractivity contribution in [3.8, 4) is 5.75 Å². The molecule has 0 aliphatic heterocycles. The largest absolute Gasteiger partial charge is 0.508 e. The van der Waals surface area contributed by atoms with E-state index in [0.29, 0.717) is 6.42 Å². The number of hydrogen-bond acceptors (Lipinski definition) is 3. The van der Waals surface area contributed by atoms with Gasteiger partial charge in [-0.25, -0.2) is 0 Å². The van der Waals surface area contributed by atoms with Gasteiger partial charge in [-0.05, 0) is 24.1 Å². The molecule has 0 heterocycles. The molecule has 0 fully saturated rings. The number of hydrogen-bond donors (Lipinski definition) is 3. The summed E-state index contributed by atoms with van der Waals surface area (Å²) in [5.74, 6) is 0.0281. The van der Waals surface area contributed by atoms with Crippen LogP contribution in [-0.2, 0) is 11.2 Å². The van der Waals surface area contributed by atoms with Gasteiger partial charge in [-0.15, -0.1) is 0 Å². The van der Waals surface area contributed by atoms with E-state index in [4.69, 9.17) is 10.8 Å². The molecule has 1 aromatic carbocycles. The Morgan fingerprint density at radius 2 is 1.88 bits per heavy atom. The van der Waals surface area contributed by atoms with Gasteiger partial charge >= 0.3 is 0 Å². The quantitative estimate of drug-likeness (QED) is 0.718. The molecule has 1 amide bonds. The zero-order chi connectivity index (χ0) is 12.6. The molecule has 0 bridgehead atoms. The summed E-state index contributed by atoms with van der Waals surface area (Å²) in [5.41, 5.74) is 6.55. The van der Waals surface area contributed by atoms with E-state index in [9.17, 15) is 4.79 Å². The Morgan fingerprint density at radius 1 is 1.38 bits per heavy atom. The first-order valence-electron chi connectivity index (χ1n) is 5.38. The summed E-state index contributed by atoms with van der Waals surface area (Å²) in [6.07, 6.45) is 0.472. The van der Waals surface area contributed by atoms with Crippen molar-refractivity contribution in [2.45, 2.75) is 26.3 Å². The average Bonchev–Trinajstić information content (AvgIpc) is 2.33. The Hall–Kier alpha value is -1.55. The van der Waals surface area contributed by atoms with Crippen molar-refractivity contribution in [2.24, 2.45) is 5.73 Å². The zero-order valence-electron chi connectivity index (χ0n) is 10.0. The van der Waals surface area contributed by atoms with Gasteiger partial charge in [-0.1, -0.05) is 26.0 Å². The lowest BCUT2D eigenvalue weighted by molar-refractivity contribution is -0.121. The molecule has 4 heteroatoms. The molecule has 0 spiro atoms. The molecule has 0 aliphatic carbocycles. The van der Waals surface area contributed by atoms with Crippen LogP contribution in [0.25, 0.3) is 0 Å². The van der Waals surface area contributed by atoms with Gasteiger partial charge in [0.15, 0.2) is 0 Å². The number of aromatic hydroxyl groups is 1. The van der Waals surface area contributed by atoms with Crippen molar-refractivity contribution in [3.05, 3.63) is 29.8 Å². The van der Waals surface area contributed by atoms with Crippen molar-refractivity contribution >= 4 is 5.91 Å². The van der Waals surface area contributed by atoms with E-state index in [-0.39, 0.29) is 11.7 Å². The fraction of sp³-hybridized carbons (Fsp3) is 0.417. The highest BCUT2D eigenvalue weighted by Gasteiger charge is 2.11. The second-order valence-electron chi connectivity index (χ2n) is 3.09. The molecule has 0 radical (unpaired) electrons. The van der Waals surface area contributed by atoms with Crippen molar-refractivity contribution in [3.63, 3.8) is 0 Å². The Bertz CT molecular complexity index is 309. The van der Waals surface area contributed by atoms with Gasteiger partial charge in [-0.3, -0.25) is 4.79 Å². The lowest BCUT2D eigenvalue weighted by Gasteiger charge is -2.09. The summed E-state index contributed by atoms with van der Waals surface area (Å²) in [6, 6.07) is 6.11. The average molecular weight is 224 g/mol. The van der Waals surface area contributed by atoms with Crippen LogP contribution >= 0.6 is 0 Å². The molecule has 0 saturated carbocycles. The summed E-state index contributed by atoms with van der Waals surface area (Å²) in [4.78, 5) is 11.1. The summed E-state index contributed by atoms with van der Waals surface area (Å²) in [5, 5.41) is 11.5. The molecule has 16 heavy (non-hydrogen) atoms. The van der Waals surface area contributed by atoms with E-state index in [1.54, 1.807) is 31.3 Å². The van der Waals surface area contributed by atoms with Gasteiger partial charge in [0.25, 0.3) is 0 Å². The molecule has 90 valence electrons. The summed E-state index contributed by atoms with van der Waals surface area (Å²) in [7, 11) is 1.55. The van der Waals surface area contributed by atoms with E-state index in [0.717, 1.165) is 5.56 Å². The number of carbonyl (C=O) groups is 1. The van der Waals surface area contributed by atoms with Gasteiger partial charge in [-0.2, -0.15) is 0 Å². The van der Waals surface area contributed by atoms with Gasteiger partial charge in [0.05, 0.1) is 6.04 Å². The molecule has 4 N–H and O–H groups in total. The van der Waals surface area contributed by atoms with Crippen molar-refractivity contribution in [1.29, 1.82) is 0 Å². The predicted molar refractivity (Wildman–Crippen MR) is 65.2 cm³/mol. The van der Waals surface area contributed by atoms with Crippen molar-refractivity contribution in [2.75, 3.05) is 7.05 Å². The van der Waals surface area contributed by atoms with Gasteiger partial charge in [0.2, 0.25) is 5.91 Å². The lowest BCUT2D eigenvalue weighted by atomic mass is 10.1. The van der Waals surface area contributed by atoms with Crippen LogP contribution in [0.2, 0.25) is 0 Å². The first kappa shape index (κ1) is 14.5. The number of phenols is 1. The standard InChI is InChI=1S/C10H14N2O2.C2H6/c1-12-10(14)9(11)6-7-2-4-8(13)5-3-7;1-2/h2-5,9,13H,6,11H2,1H3,(H,12,14);1-2H3. The molecule has 1 atom stereocenters. The normalized spacial score (nSPS) is 11.0. The number of carbonyl (C=O) groups excluding carboxylic acids is 1. The third kappa shape index (κ3) is 4.79. The van der Waals surface area contributed by atoms with Crippen LogP contribution in [0.15, 0.2) is 24.3 Å². The van der Waals surface area contributed by atoms with Crippen LogP contribution in [0.5, 0.6) is 5.75 Å². The number of benzene rings is 1. The zero-order valence-corrected chi connectivity index (χ0v) is 10.0. The van der Waals surface area contributed by atoms with Gasteiger partial charge in [0.1, 0.15) is 5.75 Å². The molecule has 1 rings (SSSR count). The third-order valence-corrected chi connectivity index (χ3v) is 1.98. The Labute approximate surface area is 96.5 Å². The topological polar surface area (TPSA) is 75.4 Å². The number of nitrogens with two attached hydrogens (primary N) is 1. The Balaban J connectivity index is 0.00000106. The Kier molecular flexibility index (Phi) is 6.96. The van der Waals surface area contributed by atoms with Gasteiger partial charge in [0, 0.05) is 7.05 Å². The molecule has 0 aliphatic rings. The molecule has 0 saturated heterocycles. The minimum absolute atomic E-state index is 0.182. The van der Waals surface area contributed by atoms with Crippen LogP contribution in [0, 0.1) is 0 Å². The lowest BCUT2D eigenvalue weighted by Crippen LogP contribution is -2.40. The van der Waals surface area contributed by atoms with Crippen molar-refractivity contribution in [1.82, 2.24) is 5.32 Å². The highest BCUT2D eigenvalue weighted by Crippen LogP contribution is 2.10. The maximum absolute atomic E-state index is 11.1. The summed E-state index contributed by atoms with van der Waals surface area (Å²) < 4.78 is 0. The van der Waals surface area contributed by atoms with Gasteiger partial charge < -0.3 is 16.2 Å². The number of phenolic OH excluding ortho intramolecular Hbond substituents is 1. The first-order valence-corrected chi connectivity index (χ1v) is 5.38. The molecular weight excluding hydrogens is 204 g/mol. The summed E-state index contributed by atoms with van der Waals surface area (Å²) >= 11 is 0. The van der Waals surface area contributed by atoms with Crippen LogP contribution in [0.3, 0.4) is 0 Å². The number of amides is 1. The minimum atomic E-state index is -0.537. The summed E-state index contributed by atoms with van der Waals surface area (Å²) in [6.45, 7) is 4.00. The predicted octanol–water partition coefficient (Wildman–Crippen LogP) is 1.03. The van der Waals surface area contributed by atoms with Crippen LogP contribution in [-0.4, -0.2) is 24.1 Å². The SMILES string of the molecule is CC.CNC(=O)C(N)Cc1ccc(O)cc1. The highest BCUT2D eigenvalue weighted by molar-refractivity contribution is 5.81. The number of rotatable bonds is 3. The fourth-order valence-electron chi connectivity index (χ4n) is 1.16. The monoisotopic (exact) mass is 224 g/mol. The van der Waals surface area contributed by atoms with Crippen molar-refractivity contribution < 1.29 is 9.90 Å². The molecule has 1 aromatic rings. The third-order valence-electron chi connectivity index (χ3n) is 1.98. The highest BCUT2D eigenvalue weighted by atomic mass is 16.3. The van der Waals surface area contributed by atoms with E-state index in [1.807, 2.05) is 13.8 Å². The molecule has 1 unspecified atom stereocenters. The van der Waals surface area contributed by atoms with E-state index >= 15 is 0 Å². The Morgan fingerprint density at radius 3 is 2.31 bits per heavy atom. The molecular formula is C12H20N2O2. The van der Waals surface area contributed by atoms with Crippen LogP contribution < -0.4 is 11.1 Å². The minimum Gasteiger partial charge on any atom is -0.508 e. The number of likely N-dealkylation sites (N-methyl/N-ethyl adjacent to an activating group) is 1. The molecule has 0 aromatic heterocycles. The van der Waals surface area contributed by atoms with E-state index < -0.39 is 6.04 Å². The second-order valence-corrected chi connectivity index (χ2v) is 3.09. The number of nitrogens with one attached hydrogen (secondary N) is 1. The van der Waals surface area contributed by atoms with Crippen LogP contribution in [0.1, 0.15) is 19.4 Å². The fourth-order valence-corrected chi connectivity index (χ4v) is 1.16. The molecule has 4 nitrogen and oxygen atoms in total. The first-order chi connectivity index (χ1) is 7.63. The maximum atomic E-state index is 11.1. The smallest absolute Gasteiger partial charge is 0.237 e. The van der Waals surface area contributed by atoms with Crippen LogP contribution in [0.4, 0.5) is 0 Å².